The van der Waals surface area contributed by atoms with E-state index in [1.165, 1.54) is 5.56 Å². The predicted octanol–water partition coefficient (Wildman–Crippen LogP) is 6.09. The number of nitrogens with zero attached hydrogens (tertiary/aromatic N) is 1. The van der Waals surface area contributed by atoms with Crippen molar-refractivity contribution in [2.24, 2.45) is 0 Å². The van der Waals surface area contributed by atoms with E-state index in [4.69, 9.17) is 16.3 Å². The van der Waals surface area contributed by atoms with E-state index >= 15 is 0 Å². The van der Waals surface area contributed by atoms with Crippen molar-refractivity contribution in [2.75, 3.05) is 22.6 Å². The van der Waals surface area contributed by atoms with Gasteiger partial charge in [-0.3, -0.25) is 14.5 Å². The summed E-state index contributed by atoms with van der Waals surface area (Å²) in [6, 6.07) is 22.6. The molecule has 0 aromatic heterocycles. The van der Waals surface area contributed by atoms with Gasteiger partial charge in [0.05, 0.1) is 5.75 Å². The minimum atomic E-state index is -0.262. The average Bonchev–Trinajstić information content (AvgIpc) is 3.21. The number of halogens is 1. The lowest BCUT2D eigenvalue weighted by atomic mass is 10.1. The molecule has 1 aliphatic rings. The van der Waals surface area contributed by atoms with Gasteiger partial charge in [0.2, 0.25) is 5.91 Å². The Labute approximate surface area is 203 Å². The topological polar surface area (TPSA) is 58.6 Å². The minimum Gasteiger partial charge on any atom is -0.484 e. The van der Waals surface area contributed by atoms with E-state index in [-0.39, 0.29) is 23.8 Å². The number of carbonyl (C=O) groups excluding carboxylic acids is 2. The van der Waals surface area contributed by atoms with E-state index in [1.807, 2.05) is 47.4 Å². The Kier molecular flexibility index (Phi) is 7.57. The van der Waals surface area contributed by atoms with Crippen molar-refractivity contribution in [3.8, 4) is 5.75 Å². The van der Waals surface area contributed by atoms with Crippen LogP contribution < -0.4 is 15.0 Å². The maximum absolute atomic E-state index is 12.8. The molecule has 170 valence electrons. The highest BCUT2D eigenvalue weighted by Gasteiger charge is 2.35. The lowest BCUT2D eigenvalue weighted by Crippen LogP contribution is -2.29. The molecule has 3 aromatic carbocycles. The molecular weight excluding hydrogens is 456 g/mol. The number of aryl methyl sites for hydroxylation is 1. The van der Waals surface area contributed by atoms with Crippen LogP contribution >= 0.6 is 23.4 Å². The molecule has 1 saturated heterocycles. The van der Waals surface area contributed by atoms with Crippen LogP contribution in [0, 0.1) is 0 Å². The van der Waals surface area contributed by atoms with Crippen LogP contribution in [-0.2, 0) is 16.0 Å². The summed E-state index contributed by atoms with van der Waals surface area (Å²) in [5.41, 5.74) is 3.77. The smallest absolute Gasteiger partial charge is 0.262 e. The Morgan fingerprint density at radius 2 is 1.91 bits per heavy atom. The quantitative estimate of drug-likeness (QED) is 0.424. The van der Waals surface area contributed by atoms with Crippen LogP contribution in [0.15, 0.2) is 72.8 Å². The third-order valence-electron chi connectivity index (χ3n) is 5.28. The predicted molar refractivity (Wildman–Crippen MR) is 135 cm³/mol. The van der Waals surface area contributed by atoms with E-state index in [9.17, 15) is 9.59 Å². The number of thioether (sulfide) groups is 1. The van der Waals surface area contributed by atoms with Gasteiger partial charge in [0.1, 0.15) is 11.1 Å². The van der Waals surface area contributed by atoms with Gasteiger partial charge in [0.25, 0.3) is 5.91 Å². The van der Waals surface area contributed by atoms with Gasteiger partial charge in [-0.1, -0.05) is 55.3 Å². The summed E-state index contributed by atoms with van der Waals surface area (Å²) in [7, 11) is 0. The number of hydrogen-bond donors (Lipinski definition) is 1. The third-order valence-corrected chi connectivity index (χ3v) is 6.74. The molecular formula is C26H25ClN2O3S. The first kappa shape index (κ1) is 23.2. The summed E-state index contributed by atoms with van der Waals surface area (Å²) in [6.45, 7) is 2.02. The van der Waals surface area contributed by atoms with Gasteiger partial charge >= 0.3 is 0 Å². The van der Waals surface area contributed by atoms with Crippen LogP contribution in [0.25, 0.3) is 0 Å². The number of para-hydroxylation sites is 1. The number of rotatable bonds is 8. The zero-order chi connectivity index (χ0) is 23.2. The Morgan fingerprint density at radius 3 is 2.70 bits per heavy atom. The SMILES string of the molecule is CCCc1ccccc1N1C(=O)CSC1c1cccc(NC(=O)COc2ccc(Cl)cc2)c1. The number of amides is 2. The van der Waals surface area contributed by atoms with Gasteiger partial charge in [-0.25, -0.2) is 0 Å². The summed E-state index contributed by atoms with van der Waals surface area (Å²) in [5, 5.41) is 3.35. The zero-order valence-corrected chi connectivity index (χ0v) is 19.9. The van der Waals surface area contributed by atoms with Crippen molar-refractivity contribution < 1.29 is 14.3 Å². The largest absolute Gasteiger partial charge is 0.484 e. The van der Waals surface area contributed by atoms with E-state index in [0.717, 1.165) is 24.1 Å². The van der Waals surface area contributed by atoms with Crippen molar-refractivity contribution in [3.05, 3.63) is 88.9 Å². The molecule has 0 radical (unpaired) electrons. The number of carbonyl (C=O) groups is 2. The van der Waals surface area contributed by atoms with Crippen LogP contribution in [0.1, 0.15) is 29.8 Å². The van der Waals surface area contributed by atoms with Gasteiger partial charge < -0.3 is 10.1 Å². The van der Waals surface area contributed by atoms with E-state index in [0.29, 0.717) is 22.2 Å². The molecule has 2 amide bonds. The highest BCUT2D eigenvalue weighted by atomic mass is 35.5. The average molecular weight is 481 g/mol. The number of nitrogens with one attached hydrogen (secondary N) is 1. The summed E-state index contributed by atoms with van der Waals surface area (Å²) in [4.78, 5) is 27.1. The first-order valence-corrected chi connectivity index (χ1v) is 12.3. The first-order chi connectivity index (χ1) is 16.0. The number of anilines is 2. The molecule has 3 aromatic rings. The molecule has 0 spiro atoms. The lowest BCUT2D eigenvalue weighted by Gasteiger charge is -2.27. The normalized spacial score (nSPS) is 15.5. The van der Waals surface area contributed by atoms with Gasteiger partial charge in [-0.15, -0.1) is 11.8 Å². The first-order valence-electron chi connectivity index (χ1n) is 10.8. The lowest BCUT2D eigenvalue weighted by molar-refractivity contribution is -0.118. The molecule has 1 fully saturated rings. The molecule has 1 aliphatic heterocycles. The summed E-state index contributed by atoms with van der Waals surface area (Å²) in [5.74, 6) is 0.837. The van der Waals surface area contributed by atoms with E-state index in [2.05, 4.69) is 18.3 Å². The maximum atomic E-state index is 12.8. The van der Waals surface area contributed by atoms with Gasteiger partial charge in [-0.05, 0) is 60.0 Å². The van der Waals surface area contributed by atoms with Crippen LogP contribution in [0.3, 0.4) is 0 Å². The molecule has 0 aliphatic carbocycles. The molecule has 0 bridgehead atoms. The molecule has 7 heteroatoms. The monoisotopic (exact) mass is 480 g/mol. The van der Waals surface area contributed by atoms with Crippen molar-refractivity contribution in [1.29, 1.82) is 0 Å². The molecule has 4 rings (SSSR count). The third kappa shape index (κ3) is 5.70. The fourth-order valence-corrected chi connectivity index (χ4v) is 5.09. The second-order valence-corrected chi connectivity index (χ2v) is 9.23. The molecule has 0 saturated carbocycles. The summed E-state index contributed by atoms with van der Waals surface area (Å²) in [6.07, 6.45) is 1.93. The zero-order valence-electron chi connectivity index (χ0n) is 18.3. The Morgan fingerprint density at radius 1 is 1.12 bits per heavy atom. The Hall–Kier alpha value is -2.96. The molecule has 1 N–H and O–H groups in total. The molecule has 1 unspecified atom stereocenters. The van der Waals surface area contributed by atoms with Crippen molar-refractivity contribution in [2.45, 2.75) is 25.1 Å². The Bertz CT molecular complexity index is 1140. The number of benzene rings is 3. The number of hydrogen-bond acceptors (Lipinski definition) is 4. The van der Waals surface area contributed by atoms with Crippen LogP contribution in [-0.4, -0.2) is 24.2 Å². The van der Waals surface area contributed by atoms with E-state index < -0.39 is 0 Å². The van der Waals surface area contributed by atoms with Gasteiger partial charge in [-0.2, -0.15) is 0 Å². The second kappa shape index (κ2) is 10.8. The van der Waals surface area contributed by atoms with Gasteiger partial charge in [0.15, 0.2) is 6.61 Å². The second-order valence-electron chi connectivity index (χ2n) is 7.72. The standard InChI is InChI=1S/C26H25ClN2O3S/c1-2-6-18-7-3-4-10-23(18)29-25(31)17-33-26(29)19-8-5-9-21(15-19)28-24(30)16-32-22-13-11-20(27)12-14-22/h3-5,7-15,26H,2,6,16-17H2,1H3,(H,28,30). The van der Waals surface area contributed by atoms with Gasteiger partial charge in [0, 0.05) is 16.4 Å². The molecule has 5 nitrogen and oxygen atoms in total. The fourth-order valence-electron chi connectivity index (χ4n) is 3.80. The fraction of sp³-hybridized carbons (Fsp3) is 0.231. The van der Waals surface area contributed by atoms with Crippen molar-refractivity contribution in [1.82, 2.24) is 0 Å². The van der Waals surface area contributed by atoms with E-state index in [1.54, 1.807) is 36.0 Å². The van der Waals surface area contributed by atoms with Crippen LogP contribution in [0.5, 0.6) is 5.75 Å². The minimum absolute atomic E-state index is 0.0966. The highest BCUT2D eigenvalue weighted by molar-refractivity contribution is 8.00. The van der Waals surface area contributed by atoms with Crippen LogP contribution in [0.4, 0.5) is 11.4 Å². The number of ether oxygens (including phenoxy) is 1. The van der Waals surface area contributed by atoms with Crippen molar-refractivity contribution in [3.63, 3.8) is 0 Å². The molecule has 1 heterocycles. The molecule has 1 atom stereocenters. The summed E-state index contributed by atoms with van der Waals surface area (Å²) < 4.78 is 5.52. The Balaban J connectivity index is 1.48. The summed E-state index contributed by atoms with van der Waals surface area (Å²) >= 11 is 7.47. The highest BCUT2D eigenvalue weighted by Crippen LogP contribution is 2.43. The maximum Gasteiger partial charge on any atom is 0.262 e. The molecule has 33 heavy (non-hydrogen) atoms. The van der Waals surface area contributed by atoms with Crippen LogP contribution in [0.2, 0.25) is 5.02 Å². The van der Waals surface area contributed by atoms with Crippen molar-refractivity contribution >= 4 is 46.6 Å².